The average molecular weight is 235 g/mol. The summed E-state index contributed by atoms with van der Waals surface area (Å²) >= 11 is 0. The highest BCUT2D eigenvalue weighted by Crippen LogP contribution is 2.25. The lowest BCUT2D eigenvalue weighted by molar-refractivity contribution is 0.386. The van der Waals surface area contributed by atoms with E-state index in [1.54, 1.807) is 6.07 Å². The van der Waals surface area contributed by atoms with Crippen molar-refractivity contribution < 1.29 is 9.13 Å². The second-order valence-electron chi connectivity index (χ2n) is 3.34. The molecule has 0 unspecified atom stereocenters. The highest BCUT2D eigenvalue weighted by atomic mass is 19.1. The number of benzene rings is 1. The van der Waals surface area contributed by atoms with E-state index in [0.29, 0.717) is 5.56 Å². The number of nitrogens with one attached hydrogen (secondary N) is 1. The standard InChI is InChI=1S/C11H10FN3O2/c1-17-8-3-2-6(4-7(8)12)10-9(13)11(16)15-5-14-10/h2-5H,13H2,1H3,(H,14,15,16). The maximum absolute atomic E-state index is 13.5. The van der Waals surface area contributed by atoms with Crippen LogP contribution in [0.25, 0.3) is 11.3 Å². The predicted molar refractivity (Wildman–Crippen MR) is 61.2 cm³/mol. The van der Waals surface area contributed by atoms with Crippen molar-refractivity contribution in [3.8, 4) is 17.0 Å². The molecule has 0 aliphatic carbocycles. The Morgan fingerprint density at radius 1 is 1.47 bits per heavy atom. The molecule has 0 saturated carbocycles. The summed E-state index contributed by atoms with van der Waals surface area (Å²) in [7, 11) is 1.37. The molecule has 3 N–H and O–H groups in total. The lowest BCUT2D eigenvalue weighted by Gasteiger charge is -2.06. The van der Waals surface area contributed by atoms with Crippen molar-refractivity contribution in [3.63, 3.8) is 0 Å². The van der Waals surface area contributed by atoms with Gasteiger partial charge in [0.05, 0.1) is 13.4 Å². The van der Waals surface area contributed by atoms with Crippen LogP contribution in [0.2, 0.25) is 0 Å². The molecule has 2 rings (SSSR count). The van der Waals surface area contributed by atoms with E-state index in [9.17, 15) is 9.18 Å². The number of methoxy groups -OCH3 is 1. The van der Waals surface area contributed by atoms with Gasteiger partial charge in [0, 0.05) is 5.56 Å². The quantitative estimate of drug-likeness (QED) is 0.818. The number of hydrogen-bond donors (Lipinski definition) is 2. The Morgan fingerprint density at radius 2 is 2.24 bits per heavy atom. The van der Waals surface area contributed by atoms with Crippen molar-refractivity contribution in [2.45, 2.75) is 0 Å². The first-order valence-corrected chi connectivity index (χ1v) is 4.80. The Kier molecular flexibility index (Phi) is 2.78. The van der Waals surface area contributed by atoms with Crippen LogP contribution in [-0.2, 0) is 0 Å². The fourth-order valence-electron chi connectivity index (χ4n) is 1.45. The summed E-state index contributed by atoms with van der Waals surface area (Å²) in [4.78, 5) is 17.5. The van der Waals surface area contributed by atoms with Gasteiger partial charge in [-0.25, -0.2) is 9.37 Å². The molecule has 0 saturated heterocycles. The first-order chi connectivity index (χ1) is 8.13. The number of nitrogen functional groups attached to an aromatic ring is 1. The zero-order valence-electron chi connectivity index (χ0n) is 9.03. The van der Waals surface area contributed by atoms with Crippen LogP contribution < -0.4 is 16.0 Å². The summed E-state index contributed by atoms with van der Waals surface area (Å²) in [5, 5.41) is 0. The minimum atomic E-state index is -0.536. The van der Waals surface area contributed by atoms with Gasteiger partial charge in [0.25, 0.3) is 5.56 Å². The molecule has 0 aliphatic heterocycles. The van der Waals surface area contributed by atoms with Crippen LogP contribution in [0.3, 0.4) is 0 Å². The molecule has 17 heavy (non-hydrogen) atoms. The van der Waals surface area contributed by atoms with Crippen LogP contribution in [-0.4, -0.2) is 17.1 Å². The Hall–Kier alpha value is -2.37. The van der Waals surface area contributed by atoms with Gasteiger partial charge in [-0.2, -0.15) is 0 Å². The van der Waals surface area contributed by atoms with Gasteiger partial charge < -0.3 is 15.5 Å². The van der Waals surface area contributed by atoms with Gasteiger partial charge in [-0.15, -0.1) is 0 Å². The zero-order chi connectivity index (χ0) is 12.4. The van der Waals surface area contributed by atoms with Crippen LogP contribution >= 0.6 is 0 Å². The van der Waals surface area contributed by atoms with Crippen LogP contribution in [0, 0.1) is 5.82 Å². The zero-order valence-corrected chi connectivity index (χ0v) is 9.03. The van der Waals surface area contributed by atoms with Crippen molar-refractivity contribution in [1.29, 1.82) is 0 Å². The van der Waals surface area contributed by atoms with Crippen LogP contribution in [0.1, 0.15) is 0 Å². The molecule has 0 fully saturated rings. The molecule has 0 spiro atoms. The van der Waals surface area contributed by atoms with E-state index in [1.807, 2.05) is 0 Å². The minimum absolute atomic E-state index is 0.0444. The van der Waals surface area contributed by atoms with Gasteiger partial charge >= 0.3 is 0 Å². The Bertz CT molecular complexity index is 610. The van der Waals surface area contributed by atoms with Crippen LogP contribution in [0.5, 0.6) is 5.75 Å². The molecular weight excluding hydrogens is 225 g/mol. The SMILES string of the molecule is COc1ccc(-c2nc[nH]c(=O)c2N)cc1F. The fraction of sp³-hybridized carbons (Fsp3) is 0.0909. The third kappa shape index (κ3) is 1.96. The Balaban J connectivity index is 2.58. The molecule has 1 heterocycles. The van der Waals surface area contributed by atoms with Crippen molar-refractivity contribution in [2.24, 2.45) is 0 Å². The third-order valence-electron chi connectivity index (χ3n) is 2.31. The van der Waals surface area contributed by atoms with E-state index in [0.717, 1.165) is 0 Å². The molecule has 0 atom stereocenters. The Morgan fingerprint density at radius 3 is 2.88 bits per heavy atom. The molecule has 5 nitrogen and oxygen atoms in total. The van der Waals surface area contributed by atoms with Gasteiger partial charge in [-0.3, -0.25) is 4.79 Å². The third-order valence-corrected chi connectivity index (χ3v) is 2.31. The molecular formula is C11H10FN3O2. The number of anilines is 1. The maximum Gasteiger partial charge on any atom is 0.274 e. The number of H-pyrrole nitrogens is 1. The molecule has 1 aromatic carbocycles. The van der Waals surface area contributed by atoms with Crippen molar-refractivity contribution in [3.05, 3.63) is 40.7 Å². The first kappa shape index (κ1) is 11.1. The molecule has 6 heteroatoms. The lowest BCUT2D eigenvalue weighted by atomic mass is 10.1. The number of aromatic amines is 1. The largest absolute Gasteiger partial charge is 0.494 e. The number of rotatable bonds is 2. The van der Waals surface area contributed by atoms with Crippen LogP contribution in [0.15, 0.2) is 29.3 Å². The van der Waals surface area contributed by atoms with Gasteiger partial charge in [0.2, 0.25) is 0 Å². The number of halogens is 1. The number of nitrogens with zero attached hydrogens (tertiary/aromatic N) is 1. The van der Waals surface area contributed by atoms with E-state index in [-0.39, 0.29) is 17.1 Å². The van der Waals surface area contributed by atoms with E-state index in [2.05, 4.69) is 9.97 Å². The van der Waals surface area contributed by atoms with E-state index < -0.39 is 11.4 Å². The lowest BCUT2D eigenvalue weighted by Crippen LogP contribution is -2.13. The van der Waals surface area contributed by atoms with E-state index >= 15 is 0 Å². The summed E-state index contributed by atoms with van der Waals surface area (Å²) in [5.41, 5.74) is 5.75. The Labute approximate surface area is 96.1 Å². The van der Waals surface area contributed by atoms with Gasteiger partial charge in [-0.1, -0.05) is 0 Å². The summed E-state index contributed by atoms with van der Waals surface area (Å²) < 4.78 is 18.3. The normalized spacial score (nSPS) is 10.2. The smallest absolute Gasteiger partial charge is 0.274 e. The highest BCUT2D eigenvalue weighted by molar-refractivity contribution is 5.71. The molecule has 0 bridgehead atoms. The van der Waals surface area contributed by atoms with Crippen molar-refractivity contribution >= 4 is 5.69 Å². The van der Waals surface area contributed by atoms with E-state index in [1.165, 1.54) is 25.6 Å². The fourth-order valence-corrected chi connectivity index (χ4v) is 1.45. The molecule has 2 aromatic rings. The second kappa shape index (κ2) is 4.25. The maximum atomic E-state index is 13.5. The molecule has 0 aliphatic rings. The van der Waals surface area contributed by atoms with Gasteiger partial charge in [-0.05, 0) is 18.2 Å². The van der Waals surface area contributed by atoms with Crippen LogP contribution in [0.4, 0.5) is 10.1 Å². The summed E-state index contributed by atoms with van der Waals surface area (Å²) in [6.45, 7) is 0. The van der Waals surface area contributed by atoms with Crippen molar-refractivity contribution in [1.82, 2.24) is 9.97 Å². The number of hydrogen-bond acceptors (Lipinski definition) is 4. The first-order valence-electron chi connectivity index (χ1n) is 4.80. The van der Waals surface area contributed by atoms with E-state index in [4.69, 9.17) is 10.5 Å². The minimum Gasteiger partial charge on any atom is -0.494 e. The second-order valence-corrected chi connectivity index (χ2v) is 3.34. The summed E-state index contributed by atoms with van der Waals surface area (Å²) in [5.74, 6) is -0.413. The van der Waals surface area contributed by atoms with Gasteiger partial charge in [0.1, 0.15) is 11.4 Å². The molecule has 0 radical (unpaired) electrons. The topological polar surface area (TPSA) is 81.0 Å². The number of aromatic nitrogens is 2. The highest BCUT2D eigenvalue weighted by Gasteiger charge is 2.10. The molecule has 88 valence electrons. The predicted octanol–water partition coefficient (Wildman–Crippen LogP) is 1.17. The monoisotopic (exact) mass is 235 g/mol. The molecule has 0 amide bonds. The van der Waals surface area contributed by atoms with Crippen molar-refractivity contribution in [2.75, 3.05) is 12.8 Å². The summed E-state index contributed by atoms with van der Waals surface area (Å²) in [6, 6.07) is 4.25. The number of ether oxygens (including phenoxy) is 1. The number of nitrogens with two attached hydrogens (primary N) is 1. The average Bonchev–Trinajstić information content (AvgIpc) is 2.32. The summed E-state index contributed by atoms with van der Waals surface area (Å²) in [6.07, 6.45) is 1.22. The molecule has 1 aromatic heterocycles. The van der Waals surface area contributed by atoms with Gasteiger partial charge in [0.15, 0.2) is 11.6 Å².